The maximum atomic E-state index is 5.52. The van der Waals surface area contributed by atoms with Crippen LogP contribution in [-0.2, 0) is 13.1 Å². The van der Waals surface area contributed by atoms with Gasteiger partial charge < -0.3 is 10.1 Å². The molecule has 0 aliphatic carbocycles. The van der Waals surface area contributed by atoms with Gasteiger partial charge in [-0.15, -0.1) is 11.3 Å². The standard InChI is InChI=1S/C17H16BrNOS/c1-20-17-7-6-12-4-2-3-5-15(12)16(17)10-19-9-14-8-13(18)11-21-14/h2-8,11,19H,9-10H2,1H3. The van der Waals surface area contributed by atoms with Crippen molar-refractivity contribution in [1.29, 1.82) is 0 Å². The first kappa shape index (κ1) is 14.6. The van der Waals surface area contributed by atoms with Crippen LogP contribution in [0.4, 0.5) is 0 Å². The SMILES string of the molecule is COc1ccc2ccccc2c1CNCc1cc(Br)cs1. The van der Waals surface area contributed by atoms with Crippen LogP contribution in [0.2, 0.25) is 0 Å². The van der Waals surface area contributed by atoms with E-state index in [-0.39, 0.29) is 0 Å². The van der Waals surface area contributed by atoms with E-state index in [4.69, 9.17) is 4.74 Å². The number of hydrogen-bond acceptors (Lipinski definition) is 3. The molecule has 0 bridgehead atoms. The summed E-state index contributed by atoms with van der Waals surface area (Å²) in [7, 11) is 1.73. The maximum absolute atomic E-state index is 5.52. The molecule has 3 rings (SSSR count). The summed E-state index contributed by atoms with van der Waals surface area (Å²) in [5.74, 6) is 0.938. The number of rotatable bonds is 5. The van der Waals surface area contributed by atoms with E-state index in [1.165, 1.54) is 21.2 Å². The minimum atomic E-state index is 0.792. The number of ether oxygens (including phenoxy) is 1. The molecule has 0 atom stereocenters. The predicted octanol–water partition coefficient (Wildman–Crippen LogP) is 4.96. The second kappa shape index (κ2) is 6.60. The quantitative estimate of drug-likeness (QED) is 0.693. The molecule has 1 aromatic heterocycles. The van der Waals surface area contributed by atoms with Gasteiger partial charge in [-0.2, -0.15) is 0 Å². The topological polar surface area (TPSA) is 21.3 Å². The average molecular weight is 362 g/mol. The Morgan fingerprint density at radius 1 is 1.14 bits per heavy atom. The second-order valence-corrected chi connectivity index (χ2v) is 6.71. The van der Waals surface area contributed by atoms with Gasteiger partial charge in [0.05, 0.1) is 7.11 Å². The molecular weight excluding hydrogens is 346 g/mol. The van der Waals surface area contributed by atoms with Crippen LogP contribution in [0, 0.1) is 0 Å². The normalized spacial score (nSPS) is 11.0. The van der Waals surface area contributed by atoms with Crippen molar-refractivity contribution in [3.63, 3.8) is 0 Å². The zero-order chi connectivity index (χ0) is 14.7. The Hall–Kier alpha value is -1.36. The molecule has 1 heterocycles. The number of fused-ring (bicyclic) bond motifs is 1. The number of nitrogens with one attached hydrogen (secondary N) is 1. The van der Waals surface area contributed by atoms with Crippen LogP contribution in [0.5, 0.6) is 5.75 Å². The lowest BCUT2D eigenvalue weighted by Gasteiger charge is -2.12. The van der Waals surface area contributed by atoms with Gasteiger partial charge >= 0.3 is 0 Å². The van der Waals surface area contributed by atoms with Crippen LogP contribution in [0.1, 0.15) is 10.4 Å². The van der Waals surface area contributed by atoms with Crippen LogP contribution >= 0.6 is 27.3 Å². The maximum Gasteiger partial charge on any atom is 0.123 e. The third-order valence-electron chi connectivity index (χ3n) is 3.44. The van der Waals surface area contributed by atoms with E-state index in [1.807, 2.05) is 6.07 Å². The summed E-state index contributed by atoms with van der Waals surface area (Å²) in [5, 5.41) is 8.11. The Labute approximate surface area is 136 Å². The van der Waals surface area contributed by atoms with Crippen LogP contribution in [-0.4, -0.2) is 7.11 Å². The van der Waals surface area contributed by atoms with Crippen molar-refractivity contribution < 1.29 is 4.74 Å². The molecular formula is C17H16BrNOS. The lowest BCUT2D eigenvalue weighted by molar-refractivity contribution is 0.408. The van der Waals surface area contributed by atoms with E-state index < -0.39 is 0 Å². The fourth-order valence-corrected chi connectivity index (χ4v) is 3.87. The van der Waals surface area contributed by atoms with Gasteiger partial charge in [-0.25, -0.2) is 0 Å². The fraction of sp³-hybridized carbons (Fsp3) is 0.176. The lowest BCUT2D eigenvalue weighted by atomic mass is 10.0. The number of halogens is 1. The number of thiophene rings is 1. The lowest BCUT2D eigenvalue weighted by Crippen LogP contribution is -2.13. The van der Waals surface area contributed by atoms with Gasteiger partial charge in [0.25, 0.3) is 0 Å². The van der Waals surface area contributed by atoms with E-state index >= 15 is 0 Å². The molecule has 3 aromatic rings. The summed E-state index contributed by atoms with van der Waals surface area (Å²) < 4.78 is 6.66. The molecule has 108 valence electrons. The third-order valence-corrected chi connectivity index (χ3v) is 5.14. The van der Waals surface area contributed by atoms with Crippen molar-refractivity contribution in [2.24, 2.45) is 0 Å². The molecule has 0 amide bonds. The second-order valence-electron chi connectivity index (χ2n) is 4.80. The van der Waals surface area contributed by atoms with Crippen molar-refractivity contribution >= 4 is 38.0 Å². The Bertz CT molecular complexity index is 753. The highest BCUT2D eigenvalue weighted by atomic mass is 79.9. The van der Waals surface area contributed by atoms with Gasteiger partial charge in [-0.1, -0.05) is 30.3 Å². The number of hydrogen-bond donors (Lipinski definition) is 1. The minimum Gasteiger partial charge on any atom is -0.496 e. The minimum absolute atomic E-state index is 0.792. The van der Waals surface area contributed by atoms with Crippen LogP contribution in [0.25, 0.3) is 10.8 Å². The largest absolute Gasteiger partial charge is 0.496 e. The van der Waals surface area contributed by atoms with Crippen molar-refractivity contribution in [3.05, 3.63) is 62.8 Å². The Balaban J connectivity index is 1.81. The van der Waals surface area contributed by atoms with Gasteiger partial charge in [0.2, 0.25) is 0 Å². The summed E-state index contributed by atoms with van der Waals surface area (Å²) >= 11 is 5.24. The summed E-state index contributed by atoms with van der Waals surface area (Å²) in [6, 6.07) is 14.7. The monoisotopic (exact) mass is 361 g/mol. The Kier molecular flexibility index (Phi) is 4.58. The zero-order valence-electron chi connectivity index (χ0n) is 11.7. The molecule has 0 saturated heterocycles. The van der Waals surface area contributed by atoms with Crippen LogP contribution < -0.4 is 10.1 Å². The van der Waals surface area contributed by atoms with Gasteiger partial charge in [-0.05, 0) is 38.8 Å². The van der Waals surface area contributed by atoms with Gasteiger partial charge in [0, 0.05) is 33.4 Å². The van der Waals surface area contributed by atoms with E-state index in [2.05, 4.69) is 63.0 Å². The molecule has 0 aliphatic rings. The highest BCUT2D eigenvalue weighted by Crippen LogP contribution is 2.28. The van der Waals surface area contributed by atoms with Gasteiger partial charge in [0.15, 0.2) is 0 Å². The zero-order valence-corrected chi connectivity index (χ0v) is 14.1. The Morgan fingerprint density at radius 2 is 2.00 bits per heavy atom. The first-order chi connectivity index (χ1) is 10.3. The average Bonchev–Trinajstić information content (AvgIpc) is 2.93. The van der Waals surface area contributed by atoms with E-state index in [1.54, 1.807) is 18.4 Å². The molecule has 0 saturated carbocycles. The smallest absolute Gasteiger partial charge is 0.123 e. The van der Waals surface area contributed by atoms with Crippen LogP contribution in [0.15, 0.2) is 52.3 Å². The first-order valence-corrected chi connectivity index (χ1v) is 8.43. The van der Waals surface area contributed by atoms with Crippen molar-refractivity contribution in [2.45, 2.75) is 13.1 Å². The Morgan fingerprint density at radius 3 is 2.76 bits per heavy atom. The molecule has 0 spiro atoms. The van der Waals surface area contributed by atoms with Crippen molar-refractivity contribution in [3.8, 4) is 5.75 Å². The van der Waals surface area contributed by atoms with Crippen molar-refractivity contribution in [2.75, 3.05) is 7.11 Å². The highest BCUT2D eigenvalue weighted by Gasteiger charge is 2.08. The molecule has 2 nitrogen and oxygen atoms in total. The molecule has 2 aromatic carbocycles. The first-order valence-electron chi connectivity index (χ1n) is 6.76. The summed E-state index contributed by atoms with van der Waals surface area (Å²) in [4.78, 5) is 1.32. The molecule has 0 radical (unpaired) electrons. The van der Waals surface area contributed by atoms with Crippen molar-refractivity contribution in [1.82, 2.24) is 5.32 Å². The highest BCUT2D eigenvalue weighted by molar-refractivity contribution is 9.10. The van der Waals surface area contributed by atoms with E-state index in [9.17, 15) is 0 Å². The van der Waals surface area contributed by atoms with E-state index in [0.29, 0.717) is 0 Å². The molecule has 0 fully saturated rings. The summed E-state index contributed by atoms with van der Waals surface area (Å²) in [6.07, 6.45) is 0. The summed E-state index contributed by atoms with van der Waals surface area (Å²) in [5.41, 5.74) is 1.21. The van der Waals surface area contributed by atoms with Gasteiger partial charge in [0.1, 0.15) is 5.75 Å². The number of methoxy groups -OCH3 is 1. The molecule has 0 aliphatic heterocycles. The number of benzene rings is 2. The molecule has 0 unspecified atom stereocenters. The van der Waals surface area contributed by atoms with Gasteiger partial charge in [-0.3, -0.25) is 0 Å². The summed E-state index contributed by atoms with van der Waals surface area (Å²) in [6.45, 7) is 1.66. The molecule has 4 heteroatoms. The third kappa shape index (κ3) is 3.28. The van der Waals surface area contributed by atoms with E-state index in [0.717, 1.165) is 23.3 Å². The molecule has 1 N–H and O–H groups in total. The predicted molar refractivity (Wildman–Crippen MR) is 93.1 cm³/mol. The molecule has 21 heavy (non-hydrogen) atoms. The van der Waals surface area contributed by atoms with Crippen LogP contribution in [0.3, 0.4) is 0 Å². The fourth-order valence-electron chi connectivity index (χ4n) is 2.45.